The molecule has 5 aromatic rings. The highest BCUT2D eigenvalue weighted by Crippen LogP contribution is 2.41. The number of imidazole rings is 1. The SMILES string of the molecule is CC(C)(C)CC(C)(C)CC1C=CC(N(c2ccccc2)c2ccc(-c3nc4ccccc4n3-c3ccccc3)cc2)=CC1. The smallest absolute Gasteiger partial charge is 0.145 e. The van der Waals surface area contributed by atoms with E-state index in [1.165, 1.54) is 18.5 Å². The third-order valence-electron chi connectivity index (χ3n) is 8.22. The van der Waals surface area contributed by atoms with Gasteiger partial charge in [0.25, 0.3) is 0 Å². The summed E-state index contributed by atoms with van der Waals surface area (Å²) in [6.45, 7) is 11.9. The number of anilines is 2. The molecule has 0 spiro atoms. The summed E-state index contributed by atoms with van der Waals surface area (Å²) in [4.78, 5) is 7.44. The first-order chi connectivity index (χ1) is 20.7. The van der Waals surface area contributed by atoms with Crippen molar-refractivity contribution in [1.29, 1.82) is 0 Å². The summed E-state index contributed by atoms with van der Waals surface area (Å²) >= 11 is 0. The monoisotopic (exact) mass is 565 g/mol. The zero-order chi connectivity index (χ0) is 30.0. The van der Waals surface area contributed by atoms with Crippen LogP contribution in [0.4, 0.5) is 11.4 Å². The number of hydrogen-bond donors (Lipinski definition) is 0. The van der Waals surface area contributed by atoms with Crippen molar-refractivity contribution in [3.63, 3.8) is 0 Å². The Kier molecular flexibility index (Phi) is 7.83. The van der Waals surface area contributed by atoms with Gasteiger partial charge >= 0.3 is 0 Å². The van der Waals surface area contributed by atoms with Gasteiger partial charge < -0.3 is 4.90 Å². The van der Waals surface area contributed by atoms with Crippen LogP contribution in [0.2, 0.25) is 0 Å². The zero-order valence-corrected chi connectivity index (χ0v) is 26.2. The van der Waals surface area contributed by atoms with Crippen LogP contribution in [0.1, 0.15) is 53.9 Å². The van der Waals surface area contributed by atoms with Crippen LogP contribution in [-0.4, -0.2) is 9.55 Å². The van der Waals surface area contributed by atoms with E-state index in [4.69, 9.17) is 4.98 Å². The van der Waals surface area contributed by atoms with Crippen LogP contribution in [0.5, 0.6) is 0 Å². The van der Waals surface area contributed by atoms with Gasteiger partial charge in [0.1, 0.15) is 5.82 Å². The highest BCUT2D eigenvalue weighted by Gasteiger charge is 2.28. The summed E-state index contributed by atoms with van der Waals surface area (Å²) in [5.41, 5.74) is 8.47. The largest absolute Gasteiger partial charge is 0.311 e. The number of benzene rings is 4. The van der Waals surface area contributed by atoms with Crippen molar-refractivity contribution in [3.8, 4) is 17.1 Å². The lowest BCUT2D eigenvalue weighted by molar-refractivity contribution is 0.181. The molecule has 4 aromatic carbocycles. The summed E-state index contributed by atoms with van der Waals surface area (Å²) in [6.07, 6.45) is 10.7. The second-order valence-corrected chi connectivity index (χ2v) is 13.9. The molecule has 0 saturated heterocycles. The van der Waals surface area contributed by atoms with Gasteiger partial charge in [0.15, 0.2) is 0 Å². The summed E-state index contributed by atoms with van der Waals surface area (Å²) in [5, 5.41) is 0. The van der Waals surface area contributed by atoms with E-state index in [-0.39, 0.29) is 0 Å². The maximum atomic E-state index is 5.07. The first kappa shape index (κ1) is 28.7. The fraction of sp³-hybridized carbons (Fsp3) is 0.275. The van der Waals surface area contributed by atoms with Gasteiger partial charge in [-0.1, -0.05) is 95.3 Å². The number of rotatable bonds is 8. The molecule has 0 bridgehead atoms. The van der Waals surface area contributed by atoms with Crippen molar-refractivity contribution in [1.82, 2.24) is 9.55 Å². The molecule has 43 heavy (non-hydrogen) atoms. The Morgan fingerprint density at radius 1 is 0.744 bits per heavy atom. The average molecular weight is 566 g/mol. The lowest BCUT2D eigenvalue weighted by Gasteiger charge is -2.35. The van der Waals surface area contributed by atoms with E-state index in [1.807, 2.05) is 0 Å². The van der Waals surface area contributed by atoms with Crippen molar-refractivity contribution in [2.24, 2.45) is 16.7 Å². The van der Waals surface area contributed by atoms with Gasteiger partial charge in [-0.3, -0.25) is 4.57 Å². The molecule has 1 aromatic heterocycles. The third-order valence-corrected chi connectivity index (χ3v) is 8.22. The second-order valence-electron chi connectivity index (χ2n) is 13.9. The molecule has 1 aliphatic rings. The van der Waals surface area contributed by atoms with Gasteiger partial charge in [-0.15, -0.1) is 0 Å². The molecule has 3 heteroatoms. The van der Waals surface area contributed by atoms with E-state index in [9.17, 15) is 0 Å². The molecule has 1 aliphatic carbocycles. The van der Waals surface area contributed by atoms with Gasteiger partial charge in [0, 0.05) is 28.3 Å². The Labute approximate surface area is 257 Å². The molecule has 0 aliphatic heterocycles. The zero-order valence-electron chi connectivity index (χ0n) is 26.2. The lowest BCUT2D eigenvalue weighted by Crippen LogP contribution is -2.24. The molecule has 0 N–H and O–H groups in total. The minimum Gasteiger partial charge on any atom is -0.311 e. The Morgan fingerprint density at radius 2 is 1.37 bits per heavy atom. The number of nitrogens with zero attached hydrogens (tertiary/aromatic N) is 3. The normalized spacial score (nSPS) is 15.5. The van der Waals surface area contributed by atoms with E-state index < -0.39 is 0 Å². The molecule has 0 saturated carbocycles. The number of aromatic nitrogens is 2. The topological polar surface area (TPSA) is 21.1 Å². The fourth-order valence-electron chi connectivity index (χ4n) is 7.03. The minimum absolute atomic E-state index is 0.309. The Morgan fingerprint density at radius 3 is 2.02 bits per heavy atom. The molecule has 218 valence electrons. The van der Waals surface area contributed by atoms with Gasteiger partial charge in [0.05, 0.1) is 11.0 Å². The van der Waals surface area contributed by atoms with Crippen LogP contribution in [0.25, 0.3) is 28.1 Å². The minimum atomic E-state index is 0.309. The number of hydrogen-bond acceptors (Lipinski definition) is 2. The van der Waals surface area contributed by atoms with Crippen molar-refractivity contribution < 1.29 is 0 Å². The average Bonchev–Trinajstić information content (AvgIpc) is 3.38. The van der Waals surface area contributed by atoms with Crippen molar-refractivity contribution in [2.75, 3.05) is 4.90 Å². The van der Waals surface area contributed by atoms with Crippen LogP contribution < -0.4 is 4.90 Å². The third kappa shape index (κ3) is 6.51. The Balaban J connectivity index is 1.31. The molecular weight excluding hydrogens is 522 g/mol. The van der Waals surface area contributed by atoms with Crippen LogP contribution in [0.15, 0.2) is 133 Å². The molecule has 6 rings (SSSR count). The maximum Gasteiger partial charge on any atom is 0.145 e. The summed E-state index contributed by atoms with van der Waals surface area (Å²) in [7, 11) is 0. The summed E-state index contributed by atoms with van der Waals surface area (Å²) in [6, 6.07) is 38.4. The van der Waals surface area contributed by atoms with E-state index in [2.05, 4.69) is 172 Å². The van der Waals surface area contributed by atoms with Crippen LogP contribution in [-0.2, 0) is 0 Å². The molecule has 1 unspecified atom stereocenters. The second kappa shape index (κ2) is 11.7. The van der Waals surface area contributed by atoms with Crippen LogP contribution in [0.3, 0.4) is 0 Å². The Hall–Kier alpha value is -4.37. The predicted molar refractivity (Wildman–Crippen MR) is 183 cm³/mol. The molecule has 1 atom stereocenters. The molecule has 0 amide bonds. The first-order valence-electron chi connectivity index (χ1n) is 15.5. The number of fused-ring (bicyclic) bond motifs is 1. The lowest BCUT2D eigenvalue weighted by atomic mass is 9.71. The molecule has 0 fully saturated rings. The summed E-state index contributed by atoms with van der Waals surface area (Å²) in [5.74, 6) is 1.51. The highest BCUT2D eigenvalue weighted by atomic mass is 15.1. The van der Waals surface area contributed by atoms with Crippen molar-refractivity contribution >= 4 is 22.4 Å². The number of allylic oxidation sites excluding steroid dienone is 3. The first-order valence-corrected chi connectivity index (χ1v) is 15.5. The Bertz CT molecular complexity index is 1730. The summed E-state index contributed by atoms with van der Waals surface area (Å²) < 4.78 is 2.26. The molecular formula is C40H43N3. The molecule has 3 nitrogen and oxygen atoms in total. The number of para-hydroxylation sites is 4. The van der Waals surface area contributed by atoms with Crippen molar-refractivity contribution in [3.05, 3.63) is 133 Å². The van der Waals surface area contributed by atoms with Crippen LogP contribution >= 0.6 is 0 Å². The molecule has 0 radical (unpaired) electrons. The van der Waals surface area contributed by atoms with E-state index >= 15 is 0 Å². The quantitative estimate of drug-likeness (QED) is 0.187. The van der Waals surface area contributed by atoms with Gasteiger partial charge in [0.2, 0.25) is 0 Å². The van der Waals surface area contributed by atoms with Gasteiger partial charge in [-0.25, -0.2) is 4.98 Å². The standard InChI is InChI=1S/C40H43N3/c1-39(2,3)29-40(4,5)28-30-20-24-34(25-21-30)42(32-14-8-6-9-15-32)35-26-22-31(23-27-35)38-41-36-18-12-13-19-37(36)43(38)33-16-10-7-11-17-33/h6-20,22-27,30H,21,28-29H2,1-5H3. The van der Waals surface area contributed by atoms with Crippen LogP contribution in [0, 0.1) is 16.7 Å². The van der Waals surface area contributed by atoms with Gasteiger partial charge in [-0.05, 0) is 103 Å². The fourth-order valence-corrected chi connectivity index (χ4v) is 7.03. The van der Waals surface area contributed by atoms with E-state index in [1.54, 1.807) is 0 Å². The predicted octanol–water partition coefficient (Wildman–Crippen LogP) is 11.1. The highest BCUT2D eigenvalue weighted by molar-refractivity contribution is 5.83. The van der Waals surface area contributed by atoms with Gasteiger partial charge in [-0.2, -0.15) is 0 Å². The maximum absolute atomic E-state index is 5.07. The molecule has 1 heterocycles. The van der Waals surface area contributed by atoms with Crippen molar-refractivity contribution in [2.45, 2.75) is 53.9 Å². The van der Waals surface area contributed by atoms with E-state index in [0.717, 1.165) is 45.9 Å². The van der Waals surface area contributed by atoms with E-state index in [0.29, 0.717) is 16.7 Å².